The number of carbonyl (C=O) groups excluding carboxylic acids is 1. The lowest BCUT2D eigenvalue weighted by atomic mass is 10.1. The molecule has 0 aliphatic carbocycles. The number of nitrogens with two attached hydrogens (primary N) is 1. The minimum atomic E-state index is -0.408. The Kier molecular flexibility index (Phi) is 4.11. The van der Waals surface area contributed by atoms with Gasteiger partial charge in [-0.05, 0) is 30.3 Å². The average Bonchev–Trinajstić information content (AvgIpc) is 3.06. The molecular weight excluding hydrogens is 294 g/mol. The lowest BCUT2D eigenvalue weighted by molar-refractivity contribution is 0.0600. The van der Waals surface area contributed by atoms with Crippen LogP contribution in [0.3, 0.4) is 0 Å². The first kappa shape index (κ1) is 14.9. The predicted molar refractivity (Wildman–Crippen MR) is 83.8 cm³/mol. The summed E-state index contributed by atoms with van der Waals surface area (Å²) in [5.41, 5.74) is 9.15. The summed E-state index contributed by atoms with van der Waals surface area (Å²) >= 11 is 0. The summed E-state index contributed by atoms with van der Waals surface area (Å²) in [4.78, 5) is 15.8. The molecule has 2 heterocycles. The molecule has 0 saturated carbocycles. The van der Waals surface area contributed by atoms with Crippen molar-refractivity contribution in [1.82, 2.24) is 20.0 Å². The summed E-state index contributed by atoms with van der Waals surface area (Å²) in [6.45, 7) is 0.251. The van der Waals surface area contributed by atoms with Gasteiger partial charge in [-0.3, -0.25) is 4.98 Å². The minimum Gasteiger partial charge on any atom is -0.465 e. The molecule has 0 unspecified atom stereocenters. The van der Waals surface area contributed by atoms with E-state index in [2.05, 4.69) is 15.3 Å². The van der Waals surface area contributed by atoms with Gasteiger partial charge in [0.05, 0.1) is 18.4 Å². The number of hydrogen-bond donors (Lipinski definition) is 1. The van der Waals surface area contributed by atoms with Crippen molar-refractivity contribution >= 4 is 5.97 Å². The van der Waals surface area contributed by atoms with Crippen LogP contribution in [0, 0.1) is 0 Å². The molecule has 0 spiro atoms. The van der Waals surface area contributed by atoms with Crippen molar-refractivity contribution in [1.29, 1.82) is 0 Å². The average molecular weight is 309 g/mol. The van der Waals surface area contributed by atoms with Crippen LogP contribution in [0.4, 0.5) is 0 Å². The number of nitrogens with zero attached hydrogens (tertiary/aromatic N) is 4. The van der Waals surface area contributed by atoms with Crippen LogP contribution in [-0.2, 0) is 11.3 Å². The summed E-state index contributed by atoms with van der Waals surface area (Å²) in [5.74, 6) is -0.408. The van der Waals surface area contributed by atoms with Crippen molar-refractivity contribution in [3.63, 3.8) is 0 Å². The number of hydrogen-bond acceptors (Lipinski definition) is 6. The highest BCUT2D eigenvalue weighted by Crippen LogP contribution is 2.24. The lowest BCUT2D eigenvalue weighted by Crippen LogP contribution is -2.05. The monoisotopic (exact) mass is 309 g/mol. The van der Waals surface area contributed by atoms with Gasteiger partial charge in [-0.15, -0.1) is 5.10 Å². The molecule has 0 fully saturated rings. The maximum atomic E-state index is 11.7. The summed E-state index contributed by atoms with van der Waals surface area (Å²) in [6.07, 6.45) is 3.41. The number of methoxy groups -OCH3 is 1. The Morgan fingerprint density at radius 3 is 2.87 bits per heavy atom. The molecule has 0 radical (unpaired) electrons. The highest BCUT2D eigenvalue weighted by molar-refractivity contribution is 5.90. The molecule has 2 N–H and O–H groups in total. The van der Waals surface area contributed by atoms with E-state index in [0.717, 1.165) is 11.3 Å². The Bertz CT molecular complexity index is 829. The van der Waals surface area contributed by atoms with Gasteiger partial charge in [-0.2, -0.15) is 0 Å². The molecule has 0 aliphatic heterocycles. The maximum Gasteiger partial charge on any atom is 0.337 e. The van der Waals surface area contributed by atoms with Crippen LogP contribution in [0.5, 0.6) is 0 Å². The van der Waals surface area contributed by atoms with Crippen molar-refractivity contribution in [2.24, 2.45) is 5.73 Å². The van der Waals surface area contributed by atoms with Crippen LogP contribution in [-0.4, -0.2) is 33.1 Å². The fraction of sp³-hybridized carbons (Fsp3) is 0.125. The van der Waals surface area contributed by atoms with Crippen LogP contribution >= 0.6 is 0 Å². The standard InChI is InChI=1S/C16H15N5O2/c1-23-16(22)11-4-2-6-13(8-11)21-15(14(9-17)19-20-21)12-5-3-7-18-10-12/h2-8,10H,9,17H2,1H3. The van der Waals surface area contributed by atoms with Crippen molar-refractivity contribution < 1.29 is 9.53 Å². The van der Waals surface area contributed by atoms with E-state index < -0.39 is 5.97 Å². The van der Waals surface area contributed by atoms with Crippen molar-refractivity contribution in [2.45, 2.75) is 6.54 Å². The molecule has 0 bridgehead atoms. The molecule has 1 aromatic carbocycles. The van der Waals surface area contributed by atoms with Crippen molar-refractivity contribution in [3.05, 3.63) is 60.0 Å². The Morgan fingerprint density at radius 2 is 2.17 bits per heavy atom. The van der Waals surface area contributed by atoms with Crippen molar-refractivity contribution in [3.8, 4) is 16.9 Å². The van der Waals surface area contributed by atoms with Gasteiger partial charge >= 0.3 is 5.97 Å². The fourth-order valence-corrected chi connectivity index (χ4v) is 2.31. The zero-order chi connectivity index (χ0) is 16.2. The molecule has 7 nitrogen and oxygen atoms in total. The second kappa shape index (κ2) is 6.37. The molecule has 116 valence electrons. The number of ether oxygens (including phenoxy) is 1. The summed E-state index contributed by atoms with van der Waals surface area (Å²) in [7, 11) is 1.35. The highest BCUT2D eigenvalue weighted by atomic mass is 16.5. The molecule has 7 heteroatoms. The first-order chi connectivity index (χ1) is 11.2. The van der Waals surface area contributed by atoms with Gasteiger partial charge in [0.15, 0.2) is 0 Å². The first-order valence-electron chi connectivity index (χ1n) is 6.98. The quantitative estimate of drug-likeness (QED) is 0.735. The van der Waals surface area contributed by atoms with E-state index in [1.54, 1.807) is 35.3 Å². The third-order valence-corrected chi connectivity index (χ3v) is 3.38. The maximum absolute atomic E-state index is 11.7. The molecule has 0 aliphatic rings. The molecule has 0 atom stereocenters. The van der Waals surface area contributed by atoms with Gasteiger partial charge in [-0.25, -0.2) is 9.48 Å². The lowest BCUT2D eigenvalue weighted by Gasteiger charge is -2.08. The summed E-state index contributed by atoms with van der Waals surface area (Å²) in [6, 6.07) is 10.7. The van der Waals surface area contributed by atoms with Crippen LogP contribution in [0.25, 0.3) is 16.9 Å². The second-order valence-corrected chi connectivity index (χ2v) is 4.78. The highest BCUT2D eigenvalue weighted by Gasteiger charge is 2.16. The van der Waals surface area contributed by atoms with Gasteiger partial charge in [0.1, 0.15) is 11.4 Å². The number of pyridine rings is 1. The third-order valence-electron chi connectivity index (χ3n) is 3.38. The predicted octanol–water partition coefficient (Wildman–Crippen LogP) is 1.57. The third kappa shape index (κ3) is 2.82. The largest absolute Gasteiger partial charge is 0.465 e. The van der Waals surface area contributed by atoms with Crippen molar-refractivity contribution in [2.75, 3.05) is 7.11 Å². The molecule has 23 heavy (non-hydrogen) atoms. The number of aromatic nitrogens is 4. The summed E-state index contributed by atoms with van der Waals surface area (Å²) < 4.78 is 6.40. The number of benzene rings is 1. The number of rotatable bonds is 4. The van der Waals surface area contributed by atoms with Gasteiger partial charge in [0.25, 0.3) is 0 Å². The van der Waals surface area contributed by atoms with E-state index in [1.165, 1.54) is 7.11 Å². The number of carbonyl (C=O) groups is 1. The van der Waals surface area contributed by atoms with Gasteiger partial charge in [0.2, 0.25) is 0 Å². The topological polar surface area (TPSA) is 95.9 Å². The van der Waals surface area contributed by atoms with Crippen LogP contribution < -0.4 is 5.73 Å². The van der Waals surface area contributed by atoms with Gasteiger partial charge in [-0.1, -0.05) is 11.3 Å². The number of esters is 1. The van der Waals surface area contributed by atoms with E-state index in [1.807, 2.05) is 18.2 Å². The zero-order valence-electron chi connectivity index (χ0n) is 12.5. The van der Waals surface area contributed by atoms with Crippen LogP contribution in [0.15, 0.2) is 48.8 Å². The van der Waals surface area contributed by atoms with E-state index in [0.29, 0.717) is 16.9 Å². The fourth-order valence-electron chi connectivity index (χ4n) is 2.31. The zero-order valence-corrected chi connectivity index (χ0v) is 12.5. The Hall–Kier alpha value is -3.06. The van der Waals surface area contributed by atoms with E-state index >= 15 is 0 Å². The molecule has 2 aromatic heterocycles. The molecule has 3 aromatic rings. The van der Waals surface area contributed by atoms with Gasteiger partial charge < -0.3 is 10.5 Å². The van der Waals surface area contributed by atoms with E-state index in [9.17, 15) is 4.79 Å². The Balaban J connectivity index is 2.15. The van der Waals surface area contributed by atoms with E-state index in [-0.39, 0.29) is 6.54 Å². The normalized spacial score (nSPS) is 10.5. The van der Waals surface area contributed by atoms with Gasteiger partial charge in [0, 0.05) is 24.5 Å². The summed E-state index contributed by atoms with van der Waals surface area (Å²) in [5, 5.41) is 8.29. The Labute approximate surface area is 132 Å². The van der Waals surface area contributed by atoms with Crippen LogP contribution in [0.2, 0.25) is 0 Å². The second-order valence-electron chi connectivity index (χ2n) is 4.78. The molecule has 3 rings (SSSR count). The SMILES string of the molecule is COC(=O)c1cccc(-n2nnc(CN)c2-c2cccnc2)c1. The molecule has 0 saturated heterocycles. The van der Waals surface area contributed by atoms with Crippen LogP contribution in [0.1, 0.15) is 16.1 Å². The molecular formula is C16H15N5O2. The van der Waals surface area contributed by atoms with E-state index in [4.69, 9.17) is 10.5 Å². The minimum absolute atomic E-state index is 0.251. The Morgan fingerprint density at radius 1 is 1.30 bits per heavy atom. The molecule has 0 amide bonds. The smallest absolute Gasteiger partial charge is 0.337 e. The first-order valence-corrected chi connectivity index (χ1v) is 6.98.